The van der Waals surface area contributed by atoms with Gasteiger partial charge >= 0.3 is 12.0 Å². The van der Waals surface area contributed by atoms with E-state index in [2.05, 4.69) is 20.8 Å². The Morgan fingerprint density at radius 2 is 2.00 bits per heavy atom. The average Bonchev–Trinajstić information content (AvgIpc) is 2.84. The number of aliphatic carboxylic acids is 1. The van der Waals surface area contributed by atoms with Crippen LogP contribution in [0.4, 0.5) is 9.93 Å². The van der Waals surface area contributed by atoms with Crippen LogP contribution in [0.3, 0.4) is 0 Å². The number of carboxylic acid groups (broad SMARTS) is 1. The van der Waals surface area contributed by atoms with Crippen LogP contribution in [0.15, 0.2) is 0 Å². The number of hydrogen-bond donors (Lipinski definition) is 3. The second kappa shape index (κ2) is 7.92. The van der Waals surface area contributed by atoms with Crippen molar-refractivity contribution in [3.05, 3.63) is 5.01 Å². The monoisotopic (exact) mass is 314 g/mol. The van der Waals surface area contributed by atoms with E-state index in [4.69, 9.17) is 5.11 Å². The average molecular weight is 314 g/mol. The highest BCUT2D eigenvalue weighted by atomic mass is 32.1. The lowest BCUT2D eigenvalue weighted by Crippen LogP contribution is -2.32. The summed E-state index contributed by atoms with van der Waals surface area (Å²) in [5.41, 5.74) is -0.121. The van der Waals surface area contributed by atoms with E-state index in [0.29, 0.717) is 24.5 Å². The summed E-state index contributed by atoms with van der Waals surface area (Å²) >= 11 is 1.35. The Balaban J connectivity index is 2.28. The number of carbonyl (C=O) groups excluding carboxylic acids is 1. The number of nitrogens with zero attached hydrogens (tertiary/aromatic N) is 2. The molecule has 0 bridgehead atoms. The Bertz CT molecular complexity index is 488. The van der Waals surface area contributed by atoms with Gasteiger partial charge in [0.1, 0.15) is 5.01 Å². The zero-order chi connectivity index (χ0) is 15.9. The SMILES string of the molecule is CCc1nnc(NC(=O)NCCC(C)(C)CCC(=O)O)s1. The number of amides is 2. The molecule has 0 atom stereocenters. The standard InChI is InChI=1S/C13H22N4O3S/c1-4-9-16-17-12(21-9)15-11(20)14-8-7-13(2,3)6-5-10(18)19/h4-8H2,1-3H3,(H,18,19)(H2,14,15,17,20). The summed E-state index contributed by atoms with van der Waals surface area (Å²) in [5.74, 6) is -0.795. The summed E-state index contributed by atoms with van der Waals surface area (Å²) in [6.45, 7) is 6.45. The second-order valence-corrected chi connectivity index (χ2v) is 6.61. The molecule has 8 heteroatoms. The maximum absolute atomic E-state index is 11.7. The first-order chi connectivity index (χ1) is 9.82. The van der Waals surface area contributed by atoms with Gasteiger partial charge in [0.25, 0.3) is 0 Å². The predicted octanol–water partition coefficient (Wildman–Crippen LogP) is 2.50. The van der Waals surface area contributed by atoms with Crippen molar-refractivity contribution >= 4 is 28.5 Å². The zero-order valence-corrected chi connectivity index (χ0v) is 13.4. The maximum Gasteiger partial charge on any atom is 0.321 e. The largest absolute Gasteiger partial charge is 0.481 e. The molecule has 0 fully saturated rings. The van der Waals surface area contributed by atoms with Crippen LogP contribution in [0.25, 0.3) is 0 Å². The Hall–Kier alpha value is -1.70. The Labute approximate surface area is 128 Å². The third-order valence-corrected chi connectivity index (χ3v) is 4.08. The lowest BCUT2D eigenvalue weighted by atomic mass is 9.84. The van der Waals surface area contributed by atoms with Crippen molar-refractivity contribution < 1.29 is 14.7 Å². The highest BCUT2D eigenvalue weighted by Crippen LogP contribution is 2.26. The van der Waals surface area contributed by atoms with Gasteiger partial charge in [-0.15, -0.1) is 10.2 Å². The molecule has 0 unspecified atom stereocenters. The molecule has 0 saturated heterocycles. The minimum Gasteiger partial charge on any atom is -0.481 e. The number of carbonyl (C=O) groups is 2. The molecule has 21 heavy (non-hydrogen) atoms. The molecule has 1 rings (SSSR count). The minimum absolute atomic E-state index is 0.121. The first-order valence-corrected chi connectivity index (χ1v) is 7.73. The fourth-order valence-electron chi connectivity index (χ4n) is 1.67. The molecule has 1 heterocycles. The third kappa shape index (κ3) is 7.03. The minimum atomic E-state index is -0.795. The topological polar surface area (TPSA) is 104 Å². The summed E-state index contributed by atoms with van der Waals surface area (Å²) in [5, 5.41) is 23.2. The number of carboxylic acids is 1. The number of aromatic nitrogens is 2. The number of nitrogens with one attached hydrogen (secondary N) is 2. The second-order valence-electron chi connectivity index (χ2n) is 5.54. The van der Waals surface area contributed by atoms with Crippen LogP contribution in [0.2, 0.25) is 0 Å². The molecule has 0 aliphatic rings. The van der Waals surface area contributed by atoms with E-state index in [-0.39, 0.29) is 17.9 Å². The molecule has 1 aromatic rings. The summed E-state index contributed by atoms with van der Waals surface area (Å²) in [7, 11) is 0. The first kappa shape index (κ1) is 17.4. The van der Waals surface area contributed by atoms with E-state index >= 15 is 0 Å². The molecule has 3 N–H and O–H groups in total. The fraction of sp³-hybridized carbons (Fsp3) is 0.692. The Morgan fingerprint density at radius 3 is 2.57 bits per heavy atom. The third-order valence-electron chi connectivity index (χ3n) is 3.09. The molecule has 0 aliphatic heterocycles. The van der Waals surface area contributed by atoms with E-state index in [1.54, 1.807) is 0 Å². The summed E-state index contributed by atoms with van der Waals surface area (Å²) in [6, 6.07) is -0.317. The molecule has 0 aromatic carbocycles. The number of aryl methyl sites for hydroxylation is 1. The number of urea groups is 1. The normalized spacial score (nSPS) is 11.2. The zero-order valence-electron chi connectivity index (χ0n) is 12.6. The van der Waals surface area contributed by atoms with Gasteiger partial charge in [0.15, 0.2) is 0 Å². The Kier molecular flexibility index (Phi) is 6.54. The van der Waals surface area contributed by atoms with Crippen molar-refractivity contribution in [2.45, 2.75) is 46.5 Å². The highest BCUT2D eigenvalue weighted by molar-refractivity contribution is 7.15. The van der Waals surface area contributed by atoms with E-state index in [1.165, 1.54) is 11.3 Å². The molecule has 7 nitrogen and oxygen atoms in total. The van der Waals surface area contributed by atoms with Gasteiger partial charge in [0.05, 0.1) is 0 Å². The van der Waals surface area contributed by atoms with Gasteiger partial charge in [-0.05, 0) is 24.7 Å². The molecule has 0 saturated carbocycles. The summed E-state index contributed by atoms with van der Waals surface area (Å²) < 4.78 is 0. The fourth-order valence-corrected chi connectivity index (χ4v) is 2.35. The van der Waals surface area contributed by atoms with Crippen LogP contribution in [0.5, 0.6) is 0 Å². The Morgan fingerprint density at radius 1 is 1.29 bits per heavy atom. The molecular weight excluding hydrogens is 292 g/mol. The lowest BCUT2D eigenvalue weighted by molar-refractivity contribution is -0.137. The molecular formula is C13H22N4O3S. The van der Waals surface area contributed by atoms with Gasteiger partial charge < -0.3 is 10.4 Å². The van der Waals surface area contributed by atoms with Crippen molar-refractivity contribution in [1.29, 1.82) is 0 Å². The maximum atomic E-state index is 11.7. The number of rotatable bonds is 8. The smallest absolute Gasteiger partial charge is 0.321 e. The van der Waals surface area contributed by atoms with Crippen LogP contribution < -0.4 is 10.6 Å². The van der Waals surface area contributed by atoms with E-state index in [1.807, 2.05) is 20.8 Å². The van der Waals surface area contributed by atoms with Gasteiger partial charge in [-0.2, -0.15) is 0 Å². The summed E-state index contributed by atoms with van der Waals surface area (Å²) in [6.07, 6.45) is 2.23. The van der Waals surface area contributed by atoms with Gasteiger partial charge in [-0.3, -0.25) is 10.1 Å². The van der Waals surface area contributed by atoms with Crippen molar-refractivity contribution in [3.8, 4) is 0 Å². The molecule has 0 aliphatic carbocycles. The van der Waals surface area contributed by atoms with Crippen molar-refractivity contribution in [3.63, 3.8) is 0 Å². The van der Waals surface area contributed by atoms with Crippen molar-refractivity contribution in [2.24, 2.45) is 5.41 Å². The molecule has 118 valence electrons. The van der Waals surface area contributed by atoms with Crippen LogP contribution in [-0.2, 0) is 11.2 Å². The van der Waals surface area contributed by atoms with Gasteiger partial charge in [-0.1, -0.05) is 32.1 Å². The van der Waals surface area contributed by atoms with Crippen molar-refractivity contribution in [2.75, 3.05) is 11.9 Å². The molecule has 0 radical (unpaired) electrons. The molecule has 2 amide bonds. The highest BCUT2D eigenvalue weighted by Gasteiger charge is 2.19. The lowest BCUT2D eigenvalue weighted by Gasteiger charge is -2.23. The van der Waals surface area contributed by atoms with Crippen molar-refractivity contribution in [1.82, 2.24) is 15.5 Å². The first-order valence-electron chi connectivity index (χ1n) is 6.91. The van der Waals surface area contributed by atoms with Gasteiger partial charge in [0.2, 0.25) is 5.13 Å². The van der Waals surface area contributed by atoms with E-state index in [0.717, 1.165) is 11.4 Å². The van der Waals surface area contributed by atoms with Gasteiger partial charge in [-0.25, -0.2) is 4.79 Å². The van der Waals surface area contributed by atoms with Crippen LogP contribution in [-0.4, -0.2) is 33.8 Å². The van der Waals surface area contributed by atoms with E-state index in [9.17, 15) is 9.59 Å². The van der Waals surface area contributed by atoms with Crippen LogP contribution in [0, 0.1) is 5.41 Å². The molecule has 0 spiro atoms. The molecule has 1 aromatic heterocycles. The summed E-state index contributed by atoms with van der Waals surface area (Å²) in [4.78, 5) is 22.3. The number of hydrogen-bond acceptors (Lipinski definition) is 5. The number of anilines is 1. The predicted molar refractivity (Wildman–Crippen MR) is 81.6 cm³/mol. The van der Waals surface area contributed by atoms with E-state index < -0.39 is 5.97 Å². The van der Waals surface area contributed by atoms with Crippen LogP contribution >= 0.6 is 11.3 Å². The quantitative estimate of drug-likeness (QED) is 0.684. The van der Waals surface area contributed by atoms with Gasteiger partial charge in [0, 0.05) is 13.0 Å². The van der Waals surface area contributed by atoms with Crippen LogP contribution in [0.1, 0.15) is 45.0 Å².